The van der Waals surface area contributed by atoms with Gasteiger partial charge in [0.15, 0.2) is 0 Å². The van der Waals surface area contributed by atoms with Crippen LogP contribution < -0.4 is 9.47 Å². The number of carbonyl (C=O) groups excluding carboxylic acids is 2. The van der Waals surface area contributed by atoms with Crippen molar-refractivity contribution < 1.29 is 19.1 Å². The molecule has 0 aliphatic rings. The Morgan fingerprint density at radius 1 is 1.05 bits per heavy atom. The minimum atomic E-state index is 0.0817. The number of hydrogen-bond acceptors (Lipinski definition) is 4. The van der Waals surface area contributed by atoms with Crippen molar-refractivity contribution in [1.82, 2.24) is 0 Å². The van der Waals surface area contributed by atoms with Crippen molar-refractivity contribution in [1.29, 1.82) is 0 Å². The lowest BCUT2D eigenvalue weighted by atomic mass is 9.87. The molecule has 0 spiro atoms. The molecule has 1 aromatic rings. The van der Waals surface area contributed by atoms with Crippen LogP contribution in [0.3, 0.4) is 0 Å². The summed E-state index contributed by atoms with van der Waals surface area (Å²) < 4.78 is 12.2. The van der Waals surface area contributed by atoms with E-state index in [0.29, 0.717) is 13.2 Å². The molecule has 0 atom stereocenters. The van der Waals surface area contributed by atoms with E-state index in [2.05, 4.69) is 48.8 Å². The molecule has 0 saturated carbocycles. The third-order valence-corrected chi connectivity index (χ3v) is 3.25. The lowest BCUT2D eigenvalue weighted by Gasteiger charge is -2.22. The lowest BCUT2D eigenvalue weighted by Crippen LogP contribution is -2.12. The van der Waals surface area contributed by atoms with E-state index in [1.54, 1.807) is 0 Å². The summed E-state index contributed by atoms with van der Waals surface area (Å²) in [6, 6.07) is 4.16. The SMILES string of the molecule is CCOc1cc(C(C)(C)C)cc(OCC)c1Br.O=C=O. The smallest absolute Gasteiger partial charge is 0.373 e. The van der Waals surface area contributed by atoms with Gasteiger partial charge in [0, 0.05) is 0 Å². The van der Waals surface area contributed by atoms with Gasteiger partial charge < -0.3 is 9.47 Å². The van der Waals surface area contributed by atoms with Gasteiger partial charge in [0.05, 0.1) is 13.2 Å². The second kappa shape index (κ2) is 8.77. The Kier molecular flexibility index (Phi) is 8.19. The van der Waals surface area contributed by atoms with Gasteiger partial charge >= 0.3 is 6.15 Å². The van der Waals surface area contributed by atoms with E-state index in [9.17, 15) is 0 Å². The Balaban J connectivity index is 0.00000110. The third-order valence-electron chi connectivity index (χ3n) is 2.47. The normalized spacial score (nSPS) is 10.1. The molecule has 0 aromatic heterocycles. The van der Waals surface area contributed by atoms with Gasteiger partial charge in [-0.3, -0.25) is 0 Å². The molecular formula is C15H21BrO4. The predicted molar refractivity (Wildman–Crippen MR) is 80.2 cm³/mol. The van der Waals surface area contributed by atoms with E-state index in [1.807, 2.05) is 13.8 Å². The third kappa shape index (κ3) is 5.76. The van der Waals surface area contributed by atoms with Crippen molar-refractivity contribution in [2.45, 2.75) is 40.0 Å². The summed E-state index contributed by atoms with van der Waals surface area (Å²) in [6.45, 7) is 11.8. The Morgan fingerprint density at radius 3 is 1.65 bits per heavy atom. The van der Waals surface area contributed by atoms with Crippen LogP contribution in [0.2, 0.25) is 0 Å². The highest BCUT2D eigenvalue weighted by Crippen LogP contribution is 2.39. The average molecular weight is 345 g/mol. The maximum absolute atomic E-state index is 8.12. The Labute approximate surface area is 128 Å². The van der Waals surface area contributed by atoms with E-state index in [0.717, 1.165) is 16.0 Å². The number of halogens is 1. The molecule has 4 nitrogen and oxygen atoms in total. The molecule has 1 aromatic carbocycles. The van der Waals surface area contributed by atoms with Crippen molar-refractivity contribution >= 4 is 22.1 Å². The lowest BCUT2D eigenvalue weighted by molar-refractivity contribution is -0.191. The van der Waals surface area contributed by atoms with Crippen LogP contribution in [0.4, 0.5) is 0 Å². The molecule has 0 amide bonds. The molecular weight excluding hydrogens is 324 g/mol. The van der Waals surface area contributed by atoms with Crippen LogP contribution >= 0.6 is 15.9 Å². The van der Waals surface area contributed by atoms with Gasteiger partial charge in [-0.05, 0) is 52.9 Å². The molecule has 112 valence electrons. The first-order chi connectivity index (χ1) is 9.31. The van der Waals surface area contributed by atoms with Crippen LogP contribution in [-0.4, -0.2) is 19.4 Å². The number of benzene rings is 1. The summed E-state index contributed by atoms with van der Waals surface area (Å²) in [4.78, 5) is 16.2. The second-order valence-corrected chi connectivity index (χ2v) is 5.78. The molecule has 0 heterocycles. The first kappa shape index (κ1) is 18.7. The summed E-state index contributed by atoms with van der Waals surface area (Å²) in [7, 11) is 0. The molecule has 0 aliphatic heterocycles. The van der Waals surface area contributed by atoms with Crippen molar-refractivity contribution in [3.05, 3.63) is 22.2 Å². The monoisotopic (exact) mass is 344 g/mol. The highest BCUT2D eigenvalue weighted by molar-refractivity contribution is 9.10. The van der Waals surface area contributed by atoms with E-state index < -0.39 is 0 Å². The van der Waals surface area contributed by atoms with Crippen LogP contribution in [0.15, 0.2) is 16.6 Å². The maximum atomic E-state index is 8.12. The molecule has 0 aliphatic carbocycles. The van der Waals surface area contributed by atoms with Crippen LogP contribution in [-0.2, 0) is 15.0 Å². The molecule has 0 saturated heterocycles. The Bertz CT molecular complexity index is 430. The topological polar surface area (TPSA) is 52.6 Å². The molecule has 0 N–H and O–H groups in total. The zero-order chi connectivity index (χ0) is 15.8. The quantitative estimate of drug-likeness (QED) is 0.829. The zero-order valence-electron chi connectivity index (χ0n) is 12.6. The minimum absolute atomic E-state index is 0.0817. The van der Waals surface area contributed by atoms with Crippen LogP contribution in [0.25, 0.3) is 0 Å². The fraction of sp³-hybridized carbons (Fsp3) is 0.533. The fourth-order valence-corrected chi connectivity index (χ4v) is 1.98. The van der Waals surface area contributed by atoms with Gasteiger partial charge in [0.1, 0.15) is 16.0 Å². The van der Waals surface area contributed by atoms with Crippen LogP contribution in [0.5, 0.6) is 11.5 Å². The van der Waals surface area contributed by atoms with Crippen molar-refractivity contribution in [3.8, 4) is 11.5 Å². The van der Waals surface area contributed by atoms with E-state index >= 15 is 0 Å². The van der Waals surface area contributed by atoms with E-state index in [-0.39, 0.29) is 11.6 Å². The average Bonchev–Trinajstić information content (AvgIpc) is 2.34. The van der Waals surface area contributed by atoms with Crippen LogP contribution in [0.1, 0.15) is 40.2 Å². The van der Waals surface area contributed by atoms with Gasteiger partial charge in [0.2, 0.25) is 0 Å². The number of ether oxygens (including phenoxy) is 2. The van der Waals surface area contributed by atoms with Gasteiger partial charge in [-0.25, -0.2) is 0 Å². The second-order valence-electron chi connectivity index (χ2n) is 4.99. The van der Waals surface area contributed by atoms with Gasteiger partial charge in [-0.15, -0.1) is 0 Å². The van der Waals surface area contributed by atoms with E-state index in [4.69, 9.17) is 19.1 Å². The number of rotatable bonds is 4. The molecule has 1 rings (SSSR count). The van der Waals surface area contributed by atoms with Crippen molar-refractivity contribution in [2.75, 3.05) is 13.2 Å². The summed E-state index contributed by atoms with van der Waals surface area (Å²) in [5, 5.41) is 0. The highest BCUT2D eigenvalue weighted by atomic mass is 79.9. The molecule has 0 fully saturated rings. The Hall–Kier alpha value is -1.32. The molecule has 20 heavy (non-hydrogen) atoms. The summed E-state index contributed by atoms with van der Waals surface area (Å²) in [5.41, 5.74) is 1.30. The standard InChI is InChI=1S/C14H21BrO2.CO2/c1-6-16-11-8-10(14(3,4)5)9-12(13(11)15)17-7-2;2-1-3/h8-9H,6-7H2,1-5H3;. The minimum Gasteiger partial charge on any atom is -0.493 e. The Morgan fingerprint density at radius 2 is 1.40 bits per heavy atom. The molecule has 5 heteroatoms. The van der Waals surface area contributed by atoms with Crippen molar-refractivity contribution in [3.63, 3.8) is 0 Å². The first-order valence-corrected chi connectivity index (χ1v) is 7.19. The van der Waals surface area contributed by atoms with Crippen LogP contribution in [0, 0.1) is 0 Å². The first-order valence-electron chi connectivity index (χ1n) is 6.40. The van der Waals surface area contributed by atoms with E-state index in [1.165, 1.54) is 5.56 Å². The summed E-state index contributed by atoms with van der Waals surface area (Å²) in [5.74, 6) is 1.70. The van der Waals surface area contributed by atoms with Gasteiger partial charge in [0.25, 0.3) is 0 Å². The fourth-order valence-electron chi connectivity index (χ4n) is 1.53. The van der Waals surface area contributed by atoms with Crippen molar-refractivity contribution in [2.24, 2.45) is 0 Å². The highest BCUT2D eigenvalue weighted by Gasteiger charge is 2.19. The molecule has 0 radical (unpaired) electrons. The number of hydrogen-bond donors (Lipinski definition) is 0. The summed E-state index contributed by atoms with van der Waals surface area (Å²) >= 11 is 3.53. The maximum Gasteiger partial charge on any atom is 0.373 e. The predicted octanol–water partition coefficient (Wildman–Crippen LogP) is 3.96. The molecule has 0 unspecified atom stereocenters. The largest absolute Gasteiger partial charge is 0.493 e. The van der Waals surface area contributed by atoms with Gasteiger partial charge in [-0.1, -0.05) is 20.8 Å². The van der Waals surface area contributed by atoms with Gasteiger partial charge in [-0.2, -0.15) is 9.59 Å². The summed E-state index contributed by atoms with van der Waals surface area (Å²) in [6.07, 6.45) is 0.250. The zero-order valence-corrected chi connectivity index (χ0v) is 14.2. The molecule has 0 bridgehead atoms.